The number of rotatable bonds is 7. The van der Waals surface area contributed by atoms with Crippen molar-refractivity contribution < 1.29 is 14.7 Å². The summed E-state index contributed by atoms with van der Waals surface area (Å²) in [6.45, 7) is 1.40. The molecular weight excluding hydrogens is 294 g/mol. The molecule has 0 spiro atoms. The SMILES string of the molecule is O=C(NCCCNC1CC1)Nc1ccc(Cl)cc1C(=O)O. The first-order valence-electron chi connectivity index (χ1n) is 6.87. The van der Waals surface area contributed by atoms with E-state index in [1.54, 1.807) is 0 Å². The Bertz CT molecular complexity index is 532. The molecule has 0 aromatic heterocycles. The van der Waals surface area contributed by atoms with Crippen molar-refractivity contribution in [3.8, 4) is 0 Å². The molecule has 0 aliphatic heterocycles. The highest BCUT2D eigenvalue weighted by atomic mass is 35.5. The number of nitrogens with one attached hydrogen (secondary N) is 3. The van der Waals surface area contributed by atoms with Gasteiger partial charge in [0.05, 0.1) is 11.3 Å². The third-order valence-corrected chi connectivity index (χ3v) is 3.34. The van der Waals surface area contributed by atoms with Crippen molar-refractivity contribution in [2.75, 3.05) is 18.4 Å². The van der Waals surface area contributed by atoms with Crippen LogP contribution in [0.3, 0.4) is 0 Å². The number of benzene rings is 1. The number of urea groups is 1. The molecule has 1 aliphatic carbocycles. The summed E-state index contributed by atoms with van der Waals surface area (Å²) in [5.41, 5.74) is 0.188. The Morgan fingerprint density at radius 1 is 1.29 bits per heavy atom. The summed E-state index contributed by atoms with van der Waals surface area (Å²) in [6, 6.07) is 4.54. The van der Waals surface area contributed by atoms with Crippen LogP contribution in [0.25, 0.3) is 0 Å². The van der Waals surface area contributed by atoms with E-state index in [0.717, 1.165) is 13.0 Å². The van der Waals surface area contributed by atoms with E-state index >= 15 is 0 Å². The van der Waals surface area contributed by atoms with Gasteiger partial charge in [-0.05, 0) is 44.0 Å². The van der Waals surface area contributed by atoms with Crippen LogP contribution in [-0.2, 0) is 0 Å². The number of carboxylic acid groups (broad SMARTS) is 1. The average molecular weight is 312 g/mol. The van der Waals surface area contributed by atoms with Crippen molar-refractivity contribution in [1.82, 2.24) is 10.6 Å². The molecule has 0 unspecified atom stereocenters. The molecule has 1 aliphatic rings. The standard InChI is InChI=1S/C14H18ClN3O3/c15-9-2-5-12(11(8-9)13(19)20)18-14(21)17-7-1-6-16-10-3-4-10/h2,5,8,10,16H,1,3-4,6-7H2,(H,19,20)(H2,17,18,21). The van der Waals surface area contributed by atoms with Gasteiger partial charge in [0.1, 0.15) is 0 Å². The Labute approximate surface area is 127 Å². The fourth-order valence-electron chi connectivity index (χ4n) is 1.85. The number of carbonyl (C=O) groups is 2. The Balaban J connectivity index is 1.77. The fourth-order valence-corrected chi connectivity index (χ4v) is 2.02. The summed E-state index contributed by atoms with van der Waals surface area (Å²) < 4.78 is 0. The molecule has 7 heteroatoms. The Hall–Kier alpha value is -1.79. The number of aromatic carboxylic acids is 1. The summed E-state index contributed by atoms with van der Waals surface area (Å²) in [6.07, 6.45) is 3.31. The lowest BCUT2D eigenvalue weighted by Gasteiger charge is -2.10. The van der Waals surface area contributed by atoms with Crippen LogP contribution in [-0.4, -0.2) is 36.2 Å². The number of carbonyl (C=O) groups excluding carboxylic acids is 1. The van der Waals surface area contributed by atoms with Gasteiger partial charge < -0.3 is 21.1 Å². The van der Waals surface area contributed by atoms with Crippen molar-refractivity contribution >= 4 is 29.3 Å². The van der Waals surface area contributed by atoms with Crippen LogP contribution in [0.5, 0.6) is 0 Å². The van der Waals surface area contributed by atoms with Crippen LogP contribution in [0.2, 0.25) is 5.02 Å². The zero-order valence-corrected chi connectivity index (χ0v) is 12.2. The minimum atomic E-state index is -1.14. The first kappa shape index (κ1) is 15.6. The van der Waals surface area contributed by atoms with Crippen LogP contribution in [0, 0.1) is 0 Å². The molecule has 114 valence electrons. The molecule has 1 saturated carbocycles. The first-order chi connectivity index (χ1) is 10.1. The van der Waals surface area contributed by atoms with E-state index in [9.17, 15) is 9.59 Å². The summed E-state index contributed by atoms with van der Waals surface area (Å²) in [5, 5.41) is 17.9. The predicted octanol–water partition coefficient (Wildman–Crippen LogP) is 2.30. The maximum atomic E-state index is 11.7. The highest BCUT2D eigenvalue weighted by Gasteiger charge is 2.19. The summed E-state index contributed by atoms with van der Waals surface area (Å²) in [5.74, 6) is -1.14. The third-order valence-electron chi connectivity index (χ3n) is 3.11. The smallest absolute Gasteiger partial charge is 0.337 e. The molecule has 1 aromatic rings. The lowest BCUT2D eigenvalue weighted by molar-refractivity contribution is 0.0698. The van der Waals surface area contributed by atoms with E-state index in [0.29, 0.717) is 17.6 Å². The van der Waals surface area contributed by atoms with Crippen molar-refractivity contribution in [2.24, 2.45) is 0 Å². The first-order valence-corrected chi connectivity index (χ1v) is 7.25. The second-order valence-corrected chi connectivity index (χ2v) is 5.39. The fraction of sp³-hybridized carbons (Fsp3) is 0.429. The van der Waals surface area contributed by atoms with Crippen LogP contribution in [0.15, 0.2) is 18.2 Å². The van der Waals surface area contributed by atoms with Gasteiger partial charge in [0, 0.05) is 17.6 Å². The molecule has 1 aromatic carbocycles. The van der Waals surface area contributed by atoms with Gasteiger partial charge in [0.15, 0.2) is 0 Å². The van der Waals surface area contributed by atoms with Crippen molar-refractivity contribution in [2.45, 2.75) is 25.3 Å². The average Bonchev–Trinajstić information content (AvgIpc) is 3.24. The maximum Gasteiger partial charge on any atom is 0.337 e. The van der Waals surface area contributed by atoms with E-state index in [2.05, 4.69) is 16.0 Å². The normalized spacial score (nSPS) is 13.8. The van der Waals surface area contributed by atoms with E-state index in [4.69, 9.17) is 16.7 Å². The molecule has 0 heterocycles. The lowest BCUT2D eigenvalue weighted by Crippen LogP contribution is -2.32. The highest BCUT2D eigenvalue weighted by Crippen LogP contribution is 2.20. The van der Waals surface area contributed by atoms with E-state index in [1.165, 1.54) is 31.0 Å². The number of hydrogen-bond acceptors (Lipinski definition) is 3. The topological polar surface area (TPSA) is 90.5 Å². The maximum absolute atomic E-state index is 11.7. The van der Waals surface area contributed by atoms with Gasteiger partial charge in [0.25, 0.3) is 0 Å². The largest absolute Gasteiger partial charge is 0.478 e. The van der Waals surface area contributed by atoms with Gasteiger partial charge in [-0.2, -0.15) is 0 Å². The Morgan fingerprint density at radius 3 is 2.71 bits per heavy atom. The van der Waals surface area contributed by atoms with E-state index in [1.807, 2.05) is 0 Å². The molecule has 0 bridgehead atoms. The van der Waals surface area contributed by atoms with E-state index in [-0.39, 0.29) is 11.3 Å². The second-order valence-electron chi connectivity index (χ2n) is 4.96. The molecule has 0 atom stereocenters. The monoisotopic (exact) mass is 311 g/mol. The zero-order valence-electron chi connectivity index (χ0n) is 11.5. The molecule has 21 heavy (non-hydrogen) atoms. The van der Waals surface area contributed by atoms with Crippen molar-refractivity contribution in [3.05, 3.63) is 28.8 Å². The third kappa shape index (κ3) is 5.24. The van der Waals surface area contributed by atoms with Crippen LogP contribution in [0.4, 0.5) is 10.5 Å². The van der Waals surface area contributed by atoms with Crippen LogP contribution >= 0.6 is 11.6 Å². The summed E-state index contributed by atoms with van der Waals surface area (Å²) >= 11 is 5.75. The zero-order chi connectivity index (χ0) is 15.2. The number of halogens is 1. The lowest BCUT2D eigenvalue weighted by atomic mass is 10.2. The molecular formula is C14H18ClN3O3. The summed E-state index contributed by atoms with van der Waals surface area (Å²) in [4.78, 5) is 22.8. The van der Waals surface area contributed by atoms with Gasteiger partial charge in [-0.25, -0.2) is 9.59 Å². The molecule has 2 amide bonds. The minimum Gasteiger partial charge on any atom is -0.478 e. The summed E-state index contributed by atoms with van der Waals surface area (Å²) in [7, 11) is 0. The molecule has 6 nitrogen and oxygen atoms in total. The number of hydrogen-bond donors (Lipinski definition) is 4. The quantitative estimate of drug-likeness (QED) is 0.582. The molecule has 1 fully saturated rings. The second kappa shape index (κ2) is 7.28. The number of amides is 2. The van der Waals surface area contributed by atoms with E-state index < -0.39 is 12.0 Å². The van der Waals surface area contributed by atoms with Crippen molar-refractivity contribution in [1.29, 1.82) is 0 Å². The molecule has 0 radical (unpaired) electrons. The number of anilines is 1. The molecule has 0 saturated heterocycles. The Kier molecular flexibility index (Phi) is 5.41. The molecule has 2 rings (SSSR count). The Morgan fingerprint density at radius 2 is 2.05 bits per heavy atom. The van der Waals surface area contributed by atoms with Gasteiger partial charge in [0.2, 0.25) is 0 Å². The van der Waals surface area contributed by atoms with Gasteiger partial charge in [-0.3, -0.25) is 0 Å². The van der Waals surface area contributed by atoms with Crippen LogP contribution in [0.1, 0.15) is 29.6 Å². The minimum absolute atomic E-state index is 0.0342. The number of carboxylic acids is 1. The highest BCUT2D eigenvalue weighted by molar-refractivity contribution is 6.31. The van der Waals surface area contributed by atoms with Gasteiger partial charge in [-0.1, -0.05) is 11.6 Å². The van der Waals surface area contributed by atoms with Gasteiger partial charge >= 0.3 is 12.0 Å². The van der Waals surface area contributed by atoms with Crippen LogP contribution < -0.4 is 16.0 Å². The van der Waals surface area contributed by atoms with Gasteiger partial charge in [-0.15, -0.1) is 0 Å². The predicted molar refractivity (Wildman–Crippen MR) is 81.1 cm³/mol. The molecule has 4 N–H and O–H groups in total. The van der Waals surface area contributed by atoms with Crippen molar-refractivity contribution in [3.63, 3.8) is 0 Å².